The summed E-state index contributed by atoms with van der Waals surface area (Å²) in [4.78, 5) is -2.06. The average molecular weight is 429 g/mol. The molecule has 1 N–H and O–H groups in total. The Morgan fingerprint density at radius 3 is 1.14 bits per heavy atom. The predicted octanol–water partition coefficient (Wildman–Crippen LogP) is 3.68. The molecule has 4 nitrogen and oxygen atoms in total. The van der Waals surface area contributed by atoms with Gasteiger partial charge in [0.2, 0.25) is 0 Å². The summed E-state index contributed by atoms with van der Waals surface area (Å²) in [7, 11) is -4.66. The minimum atomic E-state index is -4.66. The first-order valence-electron chi connectivity index (χ1n) is 11.5. The van der Waals surface area contributed by atoms with Crippen LogP contribution in [0, 0.1) is 0 Å². The zero-order valence-corrected chi connectivity index (χ0v) is 21.8. The van der Waals surface area contributed by atoms with Crippen molar-refractivity contribution in [3.8, 4) is 0 Å². The van der Waals surface area contributed by atoms with Crippen LogP contribution in [-0.2, 0) is 10.1 Å². The molecule has 0 bridgehead atoms. The SMILES string of the molecule is CCCCCCCCCCCCCCCC(O)(CCCCCC)S(=O)(=O)[O-].[Na+]. The molecule has 28 heavy (non-hydrogen) atoms. The van der Waals surface area contributed by atoms with Crippen molar-refractivity contribution in [2.75, 3.05) is 0 Å². The summed E-state index contributed by atoms with van der Waals surface area (Å²) in [6.45, 7) is 4.32. The van der Waals surface area contributed by atoms with Crippen molar-refractivity contribution in [1.29, 1.82) is 0 Å². The molecule has 0 aromatic carbocycles. The van der Waals surface area contributed by atoms with Gasteiger partial charge in [-0.25, -0.2) is 8.42 Å². The Balaban J connectivity index is 0. The van der Waals surface area contributed by atoms with Gasteiger partial charge in [0, 0.05) is 0 Å². The molecular formula is C22H45NaO4S. The van der Waals surface area contributed by atoms with E-state index in [1.165, 1.54) is 57.8 Å². The second kappa shape index (κ2) is 19.8. The third-order valence-corrected chi connectivity index (χ3v) is 6.90. The number of hydrogen-bond acceptors (Lipinski definition) is 4. The second-order valence-corrected chi connectivity index (χ2v) is 9.87. The first-order chi connectivity index (χ1) is 12.9. The molecule has 1 atom stereocenters. The maximum Gasteiger partial charge on any atom is 1.00 e. The normalized spacial score (nSPS) is 13.9. The maximum absolute atomic E-state index is 11.5. The van der Waals surface area contributed by atoms with Gasteiger partial charge in [0.25, 0.3) is 0 Å². The summed E-state index contributed by atoms with van der Waals surface area (Å²) in [5.41, 5.74) is 0. The fraction of sp³-hybridized carbons (Fsp3) is 1.00. The first-order valence-corrected chi connectivity index (χ1v) is 13.0. The van der Waals surface area contributed by atoms with Crippen molar-refractivity contribution >= 4 is 10.1 Å². The van der Waals surface area contributed by atoms with Crippen LogP contribution in [0.5, 0.6) is 0 Å². The van der Waals surface area contributed by atoms with Gasteiger partial charge in [-0.05, 0) is 25.7 Å². The zero-order valence-electron chi connectivity index (χ0n) is 19.0. The number of hydrogen-bond donors (Lipinski definition) is 1. The van der Waals surface area contributed by atoms with Crippen molar-refractivity contribution in [2.24, 2.45) is 0 Å². The Kier molecular flexibility index (Phi) is 22.0. The minimum Gasteiger partial charge on any atom is -0.746 e. The van der Waals surface area contributed by atoms with E-state index in [1.807, 2.05) is 0 Å². The Labute approximate surface area is 197 Å². The van der Waals surface area contributed by atoms with Crippen molar-refractivity contribution in [3.05, 3.63) is 0 Å². The van der Waals surface area contributed by atoms with Crippen LogP contribution in [0.15, 0.2) is 0 Å². The Morgan fingerprint density at radius 1 is 0.607 bits per heavy atom. The number of unbranched alkanes of at least 4 members (excludes halogenated alkanes) is 15. The molecule has 0 fully saturated rings. The van der Waals surface area contributed by atoms with Gasteiger partial charge in [-0.1, -0.05) is 110 Å². The van der Waals surface area contributed by atoms with Gasteiger partial charge >= 0.3 is 29.6 Å². The molecule has 164 valence electrons. The van der Waals surface area contributed by atoms with Crippen LogP contribution in [-0.4, -0.2) is 23.0 Å². The fourth-order valence-electron chi connectivity index (χ4n) is 3.62. The molecule has 0 saturated carbocycles. The molecule has 0 spiro atoms. The first kappa shape index (κ1) is 31.1. The van der Waals surface area contributed by atoms with Crippen LogP contribution in [0.25, 0.3) is 0 Å². The van der Waals surface area contributed by atoms with Gasteiger partial charge in [-0.15, -0.1) is 0 Å². The smallest absolute Gasteiger partial charge is 0.746 e. The van der Waals surface area contributed by atoms with Crippen LogP contribution in [0.1, 0.15) is 136 Å². The van der Waals surface area contributed by atoms with Crippen molar-refractivity contribution < 1.29 is 47.6 Å². The zero-order chi connectivity index (χ0) is 20.4. The van der Waals surface area contributed by atoms with Crippen LogP contribution in [0.4, 0.5) is 0 Å². The molecule has 0 heterocycles. The largest absolute Gasteiger partial charge is 1.00 e. The van der Waals surface area contributed by atoms with E-state index in [-0.39, 0.29) is 42.4 Å². The standard InChI is InChI=1S/C22H46O4S.Na/c1-3-5-7-9-10-11-12-13-14-15-16-17-19-21-22(23,27(24,25)26)20-18-8-6-4-2;/h23H,3-21H2,1-2H3,(H,24,25,26);/q;+1/p-1. The summed E-state index contributed by atoms with van der Waals surface area (Å²) in [6.07, 6.45) is 19.4. The van der Waals surface area contributed by atoms with E-state index >= 15 is 0 Å². The molecular weight excluding hydrogens is 383 g/mol. The maximum atomic E-state index is 11.5. The number of aliphatic hydroxyl groups is 1. The van der Waals surface area contributed by atoms with E-state index in [9.17, 15) is 18.1 Å². The topological polar surface area (TPSA) is 77.4 Å². The van der Waals surface area contributed by atoms with E-state index in [0.717, 1.165) is 38.5 Å². The van der Waals surface area contributed by atoms with Crippen molar-refractivity contribution in [1.82, 2.24) is 0 Å². The molecule has 1 unspecified atom stereocenters. The average Bonchev–Trinajstić information content (AvgIpc) is 2.62. The molecule has 0 aliphatic carbocycles. The minimum absolute atomic E-state index is 0. The number of rotatable bonds is 20. The quantitative estimate of drug-likeness (QED) is 0.182. The van der Waals surface area contributed by atoms with Gasteiger partial charge in [0.05, 0.1) is 0 Å². The van der Waals surface area contributed by atoms with Crippen molar-refractivity contribution in [2.45, 2.75) is 141 Å². The van der Waals surface area contributed by atoms with Gasteiger partial charge < -0.3 is 9.66 Å². The summed E-state index contributed by atoms with van der Waals surface area (Å²) in [5.74, 6) is 0. The fourth-order valence-corrected chi connectivity index (χ4v) is 4.41. The van der Waals surface area contributed by atoms with E-state index in [2.05, 4.69) is 13.8 Å². The van der Waals surface area contributed by atoms with Crippen LogP contribution in [0.2, 0.25) is 0 Å². The summed E-state index contributed by atoms with van der Waals surface area (Å²) >= 11 is 0. The molecule has 0 aromatic rings. The van der Waals surface area contributed by atoms with E-state index in [0.29, 0.717) is 12.8 Å². The molecule has 6 heteroatoms. The molecule has 0 aromatic heterocycles. The third kappa shape index (κ3) is 16.6. The van der Waals surface area contributed by atoms with E-state index in [4.69, 9.17) is 0 Å². The Morgan fingerprint density at radius 2 is 0.857 bits per heavy atom. The molecule has 0 amide bonds. The van der Waals surface area contributed by atoms with Crippen LogP contribution < -0.4 is 29.6 Å². The molecule has 0 saturated heterocycles. The molecule has 0 rings (SSSR count). The molecule has 0 aliphatic heterocycles. The van der Waals surface area contributed by atoms with Gasteiger partial charge in [-0.2, -0.15) is 0 Å². The van der Waals surface area contributed by atoms with Gasteiger partial charge in [-0.3, -0.25) is 0 Å². The van der Waals surface area contributed by atoms with Gasteiger partial charge in [0.15, 0.2) is 4.93 Å². The summed E-state index contributed by atoms with van der Waals surface area (Å²) in [5, 5.41) is 10.3. The Bertz CT molecular complexity index is 428. The van der Waals surface area contributed by atoms with Gasteiger partial charge in [0.1, 0.15) is 10.1 Å². The monoisotopic (exact) mass is 428 g/mol. The van der Waals surface area contributed by atoms with Crippen LogP contribution >= 0.6 is 0 Å². The second-order valence-electron chi connectivity index (χ2n) is 8.20. The van der Waals surface area contributed by atoms with Crippen molar-refractivity contribution in [3.63, 3.8) is 0 Å². The van der Waals surface area contributed by atoms with E-state index < -0.39 is 15.1 Å². The van der Waals surface area contributed by atoms with Crippen LogP contribution in [0.3, 0.4) is 0 Å². The Hall–Kier alpha value is 0.870. The summed E-state index contributed by atoms with van der Waals surface area (Å²) in [6, 6.07) is 0. The predicted molar refractivity (Wildman–Crippen MR) is 114 cm³/mol. The molecule has 0 radical (unpaired) electrons. The third-order valence-electron chi connectivity index (χ3n) is 5.56. The molecule has 0 aliphatic rings. The van der Waals surface area contributed by atoms with E-state index in [1.54, 1.807) is 0 Å². The summed E-state index contributed by atoms with van der Waals surface area (Å²) < 4.78 is 34.4.